The fourth-order valence-electron chi connectivity index (χ4n) is 4.50. The number of aryl methyl sites for hydroxylation is 1. The molecule has 0 bridgehead atoms. The Labute approximate surface area is 241 Å². The first-order chi connectivity index (χ1) is 19.7. The first kappa shape index (κ1) is 29.6. The van der Waals surface area contributed by atoms with Crippen molar-refractivity contribution in [3.8, 4) is 17.2 Å². The number of aromatic nitrogens is 1. The number of nitrogens with zero attached hydrogens (tertiary/aromatic N) is 3. The molecule has 4 rings (SSSR count). The van der Waals surface area contributed by atoms with Crippen molar-refractivity contribution in [1.82, 2.24) is 14.3 Å². The molecule has 9 nitrogen and oxygen atoms in total. The molecule has 0 radical (unpaired) electrons. The summed E-state index contributed by atoms with van der Waals surface area (Å²) < 4.78 is 40.6. The van der Waals surface area contributed by atoms with Crippen molar-refractivity contribution in [2.75, 3.05) is 27.3 Å². The molecular formula is C31H34N4O5S. The van der Waals surface area contributed by atoms with Gasteiger partial charge in [0.25, 0.3) is 5.91 Å². The summed E-state index contributed by atoms with van der Waals surface area (Å²) in [6.07, 6.45) is 2.01. The molecule has 41 heavy (non-hydrogen) atoms. The molecule has 1 N–H and O–H groups in total. The number of ether oxygens (including phenoxy) is 2. The number of methoxy groups -OCH3 is 2. The molecule has 1 heterocycles. The van der Waals surface area contributed by atoms with Gasteiger partial charge in [-0.2, -0.15) is 9.41 Å². The molecule has 0 fully saturated rings. The summed E-state index contributed by atoms with van der Waals surface area (Å²) in [6.45, 7) is 3.69. The van der Waals surface area contributed by atoms with Gasteiger partial charge in [-0.3, -0.25) is 4.79 Å². The highest BCUT2D eigenvalue weighted by molar-refractivity contribution is 7.89. The van der Waals surface area contributed by atoms with Crippen LogP contribution in [-0.2, 0) is 21.2 Å². The maximum absolute atomic E-state index is 13.5. The standard InChI is InChI=1S/C31H34N4O5S/c1-23-20-26(24(2)35(23)27-10-12-28(39-3)13-11-27)21-32-33-31(36)22-34(19-18-25-8-6-5-7-9-25)41(37,38)30-16-14-29(40-4)15-17-30/h5-17,20-21H,18-19,22H2,1-4H3,(H,33,36)/b32-21+. The van der Waals surface area contributed by atoms with Crippen LogP contribution in [0.4, 0.5) is 0 Å². The smallest absolute Gasteiger partial charge is 0.255 e. The Balaban J connectivity index is 1.48. The fourth-order valence-corrected chi connectivity index (χ4v) is 5.89. The minimum Gasteiger partial charge on any atom is -0.497 e. The largest absolute Gasteiger partial charge is 0.497 e. The van der Waals surface area contributed by atoms with E-state index < -0.39 is 15.9 Å². The second kappa shape index (κ2) is 13.3. The Hall–Kier alpha value is -4.41. The Morgan fingerprint density at radius 2 is 1.54 bits per heavy atom. The van der Waals surface area contributed by atoms with Crippen LogP contribution in [0, 0.1) is 13.8 Å². The molecule has 0 aliphatic heterocycles. The Morgan fingerprint density at radius 1 is 0.927 bits per heavy atom. The van der Waals surface area contributed by atoms with E-state index in [0.717, 1.165) is 34.0 Å². The molecule has 0 unspecified atom stereocenters. The molecule has 214 valence electrons. The normalized spacial score (nSPS) is 11.6. The van der Waals surface area contributed by atoms with E-state index in [1.54, 1.807) is 25.5 Å². The Bertz CT molecular complexity index is 1600. The maximum Gasteiger partial charge on any atom is 0.255 e. The van der Waals surface area contributed by atoms with Crippen molar-refractivity contribution >= 4 is 22.1 Å². The van der Waals surface area contributed by atoms with Gasteiger partial charge >= 0.3 is 0 Å². The molecule has 1 aromatic heterocycles. The van der Waals surface area contributed by atoms with E-state index in [2.05, 4.69) is 15.1 Å². The summed E-state index contributed by atoms with van der Waals surface area (Å²) in [4.78, 5) is 13.0. The van der Waals surface area contributed by atoms with Gasteiger partial charge in [0.05, 0.1) is 31.9 Å². The summed E-state index contributed by atoms with van der Waals surface area (Å²) >= 11 is 0. The van der Waals surface area contributed by atoms with Crippen LogP contribution >= 0.6 is 0 Å². The molecule has 10 heteroatoms. The number of sulfonamides is 1. The van der Waals surface area contributed by atoms with Gasteiger partial charge in [-0.15, -0.1) is 0 Å². The number of hydrazone groups is 1. The molecule has 1 amide bonds. The van der Waals surface area contributed by atoms with E-state index >= 15 is 0 Å². The maximum atomic E-state index is 13.5. The fraction of sp³-hybridized carbons (Fsp3) is 0.226. The van der Waals surface area contributed by atoms with Crippen LogP contribution in [0.2, 0.25) is 0 Å². The average molecular weight is 575 g/mol. The minimum absolute atomic E-state index is 0.0774. The Morgan fingerprint density at radius 3 is 2.15 bits per heavy atom. The highest BCUT2D eigenvalue weighted by Gasteiger charge is 2.26. The third kappa shape index (κ3) is 7.22. The van der Waals surface area contributed by atoms with E-state index in [1.165, 1.54) is 23.5 Å². The lowest BCUT2D eigenvalue weighted by atomic mass is 10.1. The topological polar surface area (TPSA) is 102 Å². The van der Waals surface area contributed by atoms with Gasteiger partial charge in [0, 0.05) is 29.2 Å². The monoisotopic (exact) mass is 574 g/mol. The number of hydrogen-bond donors (Lipinski definition) is 1. The van der Waals surface area contributed by atoms with E-state index in [4.69, 9.17) is 9.47 Å². The van der Waals surface area contributed by atoms with Crippen molar-refractivity contribution in [1.29, 1.82) is 0 Å². The first-order valence-electron chi connectivity index (χ1n) is 13.1. The van der Waals surface area contributed by atoms with E-state index in [9.17, 15) is 13.2 Å². The highest BCUT2D eigenvalue weighted by atomic mass is 32.2. The van der Waals surface area contributed by atoms with E-state index in [1.807, 2.05) is 74.5 Å². The quantitative estimate of drug-likeness (QED) is 0.198. The zero-order valence-electron chi connectivity index (χ0n) is 23.6. The third-order valence-electron chi connectivity index (χ3n) is 6.70. The number of hydrogen-bond acceptors (Lipinski definition) is 6. The number of nitrogens with one attached hydrogen (secondary N) is 1. The van der Waals surface area contributed by atoms with Gasteiger partial charge in [-0.1, -0.05) is 30.3 Å². The van der Waals surface area contributed by atoms with Gasteiger partial charge in [-0.05, 0) is 80.4 Å². The van der Waals surface area contributed by atoms with Crippen LogP contribution in [0.3, 0.4) is 0 Å². The van der Waals surface area contributed by atoms with Crippen LogP contribution in [0.5, 0.6) is 11.5 Å². The van der Waals surface area contributed by atoms with Crippen LogP contribution in [0.1, 0.15) is 22.5 Å². The number of benzene rings is 3. The number of rotatable bonds is 12. The molecule has 0 atom stereocenters. The average Bonchev–Trinajstić information content (AvgIpc) is 3.27. The van der Waals surface area contributed by atoms with Gasteiger partial charge in [0.15, 0.2) is 0 Å². The lowest BCUT2D eigenvalue weighted by molar-refractivity contribution is -0.121. The van der Waals surface area contributed by atoms with Crippen LogP contribution in [0.15, 0.2) is 94.9 Å². The first-order valence-corrected chi connectivity index (χ1v) is 14.5. The van der Waals surface area contributed by atoms with E-state index in [0.29, 0.717) is 12.2 Å². The van der Waals surface area contributed by atoms with Gasteiger partial charge in [0.2, 0.25) is 10.0 Å². The SMILES string of the molecule is COc1ccc(-n2c(C)cc(/C=N/NC(=O)CN(CCc3ccccc3)S(=O)(=O)c3ccc(OC)cc3)c2C)cc1. The molecule has 0 saturated carbocycles. The molecule has 3 aromatic carbocycles. The molecule has 0 saturated heterocycles. The van der Waals surface area contributed by atoms with Gasteiger partial charge in [-0.25, -0.2) is 13.8 Å². The lowest BCUT2D eigenvalue weighted by Crippen LogP contribution is -2.40. The second-order valence-electron chi connectivity index (χ2n) is 9.40. The minimum atomic E-state index is -3.96. The van der Waals surface area contributed by atoms with Crippen molar-refractivity contribution in [2.24, 2.45) is 5.10 Å². The zero-order valence-corrected chi connectivity index (χ0v) is 24.4. The van der Waals surface area contributed by atoms with Crippen molar-refractivity contribution in [3.63, 3.8) is 0 Å². The molecule has 4 aromatic rings. The summed E-state index contributed by atoms with van der Waals surface area (Å²) in [5, 5.41) is 4.13. The summed E-state index contributed by atoms with van der Waals surface area (Å²) in [5.74, 6) is 0.765. The van der Waals surface area contributed by atoms with Gasteiger partial charge < -0.3 is 14.0 Å². The predicted octanol–water partition coefficient (Wildman–Crippen LogP) is 4.50. The summed E-state index contributed by atoms with van der Waals surface area (Å²) in [5.41, 5.74) is 7.20. The predicted molar refractivity (Wildman–Crippen MR) is 159 cm³/mol. The molecule has 0 aliphatic rings. The Kier molecular flexibility index (Phi) is 9.59. The van der Waals surface area contributed by atoms with Crippen molar-refractivity contribution in [2.45, 2.75) is 25.2 Å². The third-order valence-corrected chi connectivity index (χ3v) is 8.56. The van der Waals surface area contributed by atoms with Gasteiger partial charge in [0.1, 0.15) is 11.5 Å². The summed E-state index contributed by atoms with van der Waals surface area (Å²) in [6, 6.07) is 25.3. The zero-order chi connectivity index (χ0) is 29.4. The van der Waals surface area contributed by atoms with Crippen molar-refractivity contribution < 1.29 is 22.7 Å². The summed E-state index contributed by atoms with van der Waals surface area (Å²) in [7, 11) is -0.823. The van der Waals surface area contributed by atoms with Crippen LogP contribution in [0.25, 0.3) is 5.69 Å². The van der Waals surface area contributed by atoms with E-state index in [-0.39, 0.29) is 18.0 Å². The van der Waals surface area contributed by atoms with Crippen LogP contribution in [-0.4, -0.2) is 56.7 Å². The molecule has 0 spiro atoms. The van der Waals surface area contributed by atoms with Crippen LogP contribution < -0.4 is 14.9 Å². The molecule has 0 aliphatic carbocycles. The molecular weight excluding hydrogens is 540 g/mol. The highest BCUT2D eigenvalue weighted by Crippen LogP contribution is 2.22. The lowest BCUT2D eigenvalue weighted by Gasteiger charge is -2.21. The number of carbonyl (C=O) groups is 1. The number of amides is 1. The van der Waals surface area contributed by atoms with Crippen molar-refractivity contribution in [3.05, 3.63) is 107 Å². The number of carbonyl (C=O) groups excluding carboxylic acids is 1. The second-order valence-corrected chi connectivity index (χ2v) is 11.3.